The van der Waals surface area contributed by atoms with Crippen molar-refractivity contribution >= 4 is 12.0 Å². The summed E-state index contributed by atoms with van der Waals surface area (Å²) in [6.45, 7) is 0.870. The minimum Gasteiger partial charge on any atom is -0.465 e. The van der Waals surface area contributed by atoms with E-state index in [-0.39, 0.29) is 12.5 Å². The molecule has 2 rings (SSSR count). The Kier molecular flexibility index (Phi) is 4.59. The van der Waals surface area contributed by atoms with Gasteiger partial charge in [0.25, 0.3) is 0 Å². The average Bonchev–Trinajstić information content (AvgIpc) is 3.04. The number of carbonyl (C=O) groups is 1. The lowest BCUT2D eigenvalue weighted by atomic mass is 9.97. The van der Waals surface area contributed by atoms with Gasteiger partial charge in [-0.25, -0.2) is 0 Å². The van der Waals surface area contributed by atoms with Gasteiger partial charge in [0, 0.05) is 19.2 Å². The Hall–Kier alpha value is -1.55. The number of hydrogen-bond acceptors (Lipinski definition) is 3. The first-order valence-electron chi connectivity index (χ1n) is 6.40. The van der Waals surface area contributed by atoms with E-state index in [2.05, 4.69) is 5.32 Å². The summed E-state index contributed by atoms with van der Waals surface area (Å²) in [4.78, 5) is 11.6. The maximum Gasteiger partial charge on any atom is 0.244 e. The molecule has 0 aromatic carbocycles. The van der Waals surface area contributed by atoms with Crippen molar-refractivity contribution in [3.8, 4) is 0 Å². The average molecular weight is 249 g/mol. The largest absolute Gasteiger partial charge is 0.465 e. The third-order valence-electron chi connectivity index (χ3n) is 3.53. The molecule has 18 heavy (non-hydrogen) atoms. The van der Waals surface area contributed by atoms with E-state index in [9.17, 15) is 9.90 Å². The first-order valence-corrected chi connectivity index (χ1v) is 6.40. The standard InChI is InChI=1S/C14H19NO3/c16-10-12-4-1-3-11(12)9-15-14(17)7-6-13-5-2-8-18-13/h2,5-8,11-12,16H,1,3-4,9-10H2,(H,15,17). The summed E-state index contributed by atoms with van der Waals surface area (Å²) in [7, 11) is 0. The van der Waals surface area contributed by atoms with Crippen LogP contribution in [0.25, 0.3) is 6.08 Å². The van der Waals surface area contributed by atoms with Gasteiger partial charge in [-0.2, -0.15) is 0 Å². The van der Waals surface area contributed by atoms with Crippen molar-refractivity contribution in [1.82, 2.24) is 5.32 Å². The second kappa shape index (κ2) is 6.40. The molecule has 0 radical (unpaired) electrons. The molecule has 2 unspecified atom stereocenters. The molecule has 4 nitrogen and oxygen atoms in total. The number of hydrogen-bond donors (Lipinski definition) is 2. The fourth-order valence-electron chi connectivity index (χ4n) is 2.46. The lowest BCUT2D eigenvalue weighted by Gasteiger charge is -2.17. The number of nitrogens with one attached hydrogen (secondary N) is 1. The highest BCUT2D eigenvalue weighted by molar-refractivity contribution is 5.91. The van der Waals surface area contributed by atoms with E-state index in [0.29, 0.717) is 24.1 Å². The molecule has 4 heteroatoms. The van der Waals surface area contributed by atoms with Gasteiger partial charge >= 0.3 is 0 Å². The molecule has 0 bridgehead atoms. The molecular formula is C14H19NO3. The molecule has 1 saturated carbocycles. The molecule has 1 amide bonds. The third kappa shape index (κ3) is 3.47. The molecule has 2 atom stereocenters. The van der Waals surface area contributed by atoms with Crippen molar-refractivity contribution in [3.63, 3.8) is 0 Å². The Morgan fingerprint density at radius 1 is 1.50 bits per heavy atom. The van der Waals surface area contributed by atoms with E-state index < -0.39 is 0 Å². The minimum atomic E-state index is -0.116. The Bertz CT molecular complexity index is 397. The Morgan fingerprint density at radius 3 is 3.06 bits per heavy atom. The predicted octanol–water partition coefficient (Wildman–Crippen LogP) is 1.82. The maximum absolute atomic E-state index is 11.6. The predicted molar refractivity (Wildman–Crippen MR) is 68.7 cm³/mol. The van der Waals surface area contributed by atoms with E-state index >= 15 is 0 Å². The molecule has 98 valence electrons. The summed E-state index contributed by atoms with van der Waals surface area (Å²) in [6.07, 6.45) is 8.00. The van der Waals surface area contributed by atoms with Crippen LogP contribution in [0.3, 0.4) is 0 Å². The van der Waals surface area contributed by atoms with Gasteiger partial charge in [0.05, 0.1) is 6.26 Å². The summed E-state index contributed by atoms with van der Waals surface area (Å²) in [5.74, 6) is 1.31. The van der Waals surface area contributed by atoms with Crippen molar-refractivity contribution in [2.24, 2.45) is 11.8 Å². The van der Waals surface area contributed by atoms with Crippen LogP contribution in [0.15, 0.2) is 28.9 Å². The third-order valence-corrected chi connectivity index (χ3v) is 3.53. The van der Waals surface area contributed by atoms with Crippen molar-refractivity contribution in [2.45, 2.75) is 19.3 Å². The summed E-state index contributed by atoms with van der Waals surface area (Å²) < 4.78 is 5.10. The molecule has 1 aliphatic carbocycles. The summed E-state index contributed by atoms with van der Waals surface area (Å²) >= 11 is 0. The minimum absolute atomic E-state index is 0.116. The second-order valence-electron chi connectivity index (χ2n) is 4.73. The molecule has 1 fully saturated rings. The Morgan fingerprint density at radius 2 is 2.33 bits per heavy atom. The number of aliphatic hydroxyl groups is 1. The fraction of sp³-hybridized carbons (Fsp3) is 0.500. The van der Waals surface area contributed by atoms with Crippen LogP contribution >= 0.6 is 0 Å². The zero-order chi connectivity index (χ0) is 12.8. The smallest absolute Gasteiger partial charge is 0.244 e. The number of rotatable bonds is 5. The van der Waals surface area contributed by atoms with Crippen molar-refractivity contribution < 1.29 is 14.3 Å². The molecule has 0 aliphatic heterocycles. The highest BCUT2D eigenvalue weighted by Gasteiger charge is 2.26. The monoisotopic (exact) mass is 249 g/mol. The molecule has 1 heterocycles. The topological polar surface area (TPSA) is 62.5 Å². The first kappa shape index (κ1) is 12.9. The van der Waals surface area contributed by atoms with Crippen LogP contribution in [-0.4, -0.2) is 24.2 Å². The van der Waals surface area contributed by atoms with Crippen LogP contribution in [0, 0.1) is 11.8 Å². The van der Waals surface area contributed by atoms with Crippen molar-refractivity contribution in [2.75, 3.05) is 13.2 Å². The molecule has 0 spiro atoms. The van der Waals surface area contributed by atoms with Crippen molar-refractivity contribution in [1.29, 1.82) is 0 Å². The summed E-state index contributed by atoms with van der Waals surface area (Å²) in [5.41, 5.74) is 0. The molecular weight excluding hydrogens is 230 g/mol. The fourth-order valence-corrected chi connectivity index (χ4v) is 2.46. The van der Waals surface area contributed by atoms with Crippen LogP contribution in [0.5, 0.6) is 0 Å². The number of aliphatic hydroxyl groups excluding tert-OH is 1. The van der Waals surface area contributed by atoms with Crippen LogP contribution in [0.1, 0.15) is 25.0 Å². The normalized spacial score (nSPS) is 23.6. The van der Waals surface area contributed by atoms with E-state index in [1.807, 2.05) is 0 Å². The number of amides is 1. The van der Waals surface area contributed by atoms with Gasteiger partial charge in [0.15, 0.2) is 0 Å². The van der Waals surface area contributed by atoms with Crippen LogP contribution in [0.4, 0.5) is 0 Å². The summed E-state index contributed by atoms with van der Waals surface area (Å²) in [6, 6.07) is 3.57. The van der Waals surface area contributed by atoms with Gasteiger partial charge in [0.1, 0.15) is 5.76 Å². The van der Waals surface area contributed by atoms with E-state index in [0.717, 1.165) is 19.3 Å². The highest BCUT2D eigenvalue weighted by Crippen LogP contribution is 2.30. The van der Waals surface area contributed by atoms with Gasteiger partial charge in [-0.1, -0.05) is 6.42 Å². The van der Waals surface area contributed by atoms with E-state index in [1.165, 1.54) is 6.08 Å². The molecule has 1 aliphatic rings. The highest BCUT2D eigenvalue weighted by atomic mass is 16.3. The maximum atomic E-state index is 11.6. The van der Waals surface area contributed by atoms with Gasteiger partial charge < -0.3 is 14.8 Å². The molecule has 2 N–H and O–H groups in total. The van der Waals surface area contributed by atoms with Crippen LogP contribution in [0.2, 0.25) is 0 Å². The van der Waals surface area contributed by atoms with Gasteiger partial charge in [0.2, 0.25) is 5.91 Å². The molecule has 1 aromatic heterocycles. The Labute approximate surface area is 107 Å². The zero-order valence-corrected chi connectivity index (χ0v) is 10.3. The number of carbonyl (C=O) groups excluding carboxylic acids is 1. The Balaban J connectivity index is 1.75. The first-order chi connectivity index (χ1) is 8.79. The van der Waals surface area contributed by atoms with Gasteiger partial charge in [-0.05, 0) is 42.9 Å². The SMILES string of the molecule is O=C(C=Cc1ccco1)NCC1CCCC1CO. The zero-order valence-electron chi connectivity index (χ0n) is 10.3. The molecule has 0 saturated heterocycles. The van der Waals surface area contributed by atoms with E-state index in [4.69, 9.17) is 4.42 Å². The van der Waals surface area contributed by atoms with E-state index in [1.54, 1.807) is 24.5 Å². The molecule has 1 aromatic rings. The van der Waals surface area contributed by atoms with Gasteiger partial charge in [-0.3, -0.25) is 4.79 Å². The van der Waals surface area contributed by atoms with Crippen LogP contribution in [-0.2, 0) is 4.79 Å². The lowest BCUT2D eigenvalue weighted by Crippen LogP contribution is -2.30. The summed E-state index contributed by atoms with van der Waals surface area (Å²) in [5, 5.41) is 12.1. The second-order valence-corrected chi connectivity index (χ2v) is 4.73. The number of furan rings is 1. The van der Waals surface area contributed by atoms with Gasteiger partial charge in [-0.15, -0.1) is 0 Å². The quantitative estimate of drug-likeness (QED) is 0.782. The van der Waals surface area contributed by atoms with Crippen LogP contribution < -0.4 is 5.32 Å². The lowest BCUT2D eigenvalue weighted by molar-refractivity contribution is -0.116. The van der Waals surface area contributed by atoms with Crippen molar-refractivity contribution in [3.05, 3.63) is 30.2 Å².